The van der Waals surface area contributed by atoms with Gasteiger partial charge in [0.25, 0.3) is 0 Å². The lowest BCUT2D eigenvalue weighted by molar-refractivity contribution is 0.195. The van der Waals surface area contributed by atoms with Crippen LogP contribution < -0.4 is 10.1 Å². The first kappa shape index (κ1) is 13.9. The molecule has 2 heteroatoms. The second-order valence-corrected chi connectivity index (χ2v) is 6.57. The van der Waals surface area contributed by atoms with E-state index in [0.717, 1.165) is 43.2 Å². The Morgan fingerprint density at radius 1 is 1.25 bits per heavy atom. The molecule has 0 aromatic heterocycles. The molecule has 3 atom stereocenters. The van der Waals surface area contributed by atoms with Gasteiger partial charge in [-0.25, -0.2) is 0 Å². The Labute approximate surface area is 122 Å². The van der Waals surface area contributed by atoms with Crippen LogP contribution in [-0.2, 0) is 6.54 Å². The van der Waals surface area contributed by atoms with Crippen LogP contribution in [0.2, 0.25) is 0 Å². The van der Waals surface area contributed by atoms with Crippen LogP contribution in [0.3, 0.4) is 0 Å². The molecule has 0 radical (unpaired) electrons. The van der Waals surface area contributed by atoms with Gasteiger partial charge in [-0.15, -0.1) is 0 Å². The molecule has 2 aliphatic rings. The van der Waals surface area contributed by atoms with Gasteiger partial charge in [-0.05, 0) is 67.7 Å². The summed E-state index contributed by atoms with van der Waals surface area (Å²) >= 11 is 0. The number of ether oxygens (including phenoxy) is 1. The van der Waals surface area contributed by atoms with E-state index in [2.05, 4.69) is 36.5 Å². The standard InChI is InChI=1S/C18H27NO/c1-2-8-19-12-15-4-3-5-18(11-15)20-13-17-10-14-6-7-16(17)9-14/h3-5,11,14,16-17,19H,2,6-10,12-13H2,1H3. The van der Waals surface area contributed by atoms with Crippen molar-refractivity contribution in [3.05, 3.63) is 29.8 Å². The maximum absolute atomic E-state index is 6.06. The van der Waals surface area contributed by atoms with Crippen LogP contribution in [0.4, 0.5) is 0 Å². The van der Waals surface area contributed by atoms with E-state index in [1.807, 2.05) is 0 Å². The molecule has 20 heavy (non-hydrogen) atoms. The quantitative estimate of drug-likeness (QED) is 0.758. The van der Waals surface area contributed by atoms with E-state index in [1.54, 1.807) is 0 Å². The number of benzene rings is 1. The first-order valence-corrected chi connectivity index (χ1v) is 8.27. The second kappa shape index (κ2) is 6.62. The molecule has 2 saturated carbocycles. The lowest BCUT2D eigenvalue weighted by atomic mass is 9.89. The largest absolute Gasteiger partial charge is 0.493 e. The fraction of sp³-hybridized carbons (Fsp3) is 0.667. The predicted octanol–water partition coefficient (Wildman–Crippen LogP) is 4.00. The Bertz CT molecular complexity index is 431. The molecule has 3 unspecified atom stereocenters. The summed E-state index contributed by atoms with van der Waals surface area (Å²) in [5, 5.41) is 3.44. The van der Waals surface area contributed by atoms with Gasteiger partial charge in [0.2, 0.25) is 0 Å². The Hall–Kier alpha value is -1.02. The minimum atomic E-state index is 0.815. The van der Waals surface area contributed by atoms with Crippen molar-refractivity contribution in [3.8, 4) is 5.75 Å². The molecular weight excluding hydrogens is 246 g/mol. The van der Waals surface area contributed by atoms with Crippen molar-refractivity contribution in [1.29, 1.82) is 0 Å². The minimum Gasteiger partial charge on any atom is -0.493 e. The summed E-state index contributed by atoms with van der Waals surface area (Å²) in [6.07, 6.45) is 6.97. The molecule has 1 aromatic rings. The molecule has 2 aliphatic carbocycles. The highest BCUT2D eigenvalue weighted by Gasteiger charge is 2.39. The molecule has 0 spiro atoms. The second-order valence-electron chi connectivity index (χ2n) is 6.57. The molecule has 0 aliphatic heterocycles. The van der Waals surface area contributed by atoms with Crippen molar-refractivity contribution < 1.29 is 4.74 Å². The van der Waals surface area contributed by atoms with E-state index in [0.29, 0.717) is 0 Å². The smallest absolute Gasteiger partial charge is 0.119 e. The normalized spacial score (nSPS) is 27.9. The van der Waals surface area contributed by atoms with Crippen LogP contribution in [0.5, 0.6) is 5.75 Å². The molecule has 0 saturated heterocycles. The molecule has 110 valence electrons. The van der Waals surface area contributed by atoms with Crippen molar-refractivity contribution in [1.82, 2.24) is 5.32 Å². The van der Waals surface area contributed by atoms with Crippen molar-refractivity contribution in [3.63, 3.8) is 0 Å². The van der Waals surface area contributed by atoms with Crippen LogP contribution in [0.25, 0.3) is 0 Å². The SMILES string of the molecule is CCCNCc1cccc(OCC2CC3CCC2C3)c1. The highest BCUT2D eigenvalue weighted by Crippen LogP contribution is 2.48. The summed E-state index contributed by atoms with van der Waals surface area (Å²) in [7, 11) is 0. The topological polar surface area (TPSA) is 21.3 Å². The van der Waals surface area contributed by atoms with Crippen LogP contribution >= 0.6 is 0 Å². The van der Waals surface area contributed by atoms with Gasteiger partial charge in [0, 0.05) is 6.54 Å². The number of rotatable bonds is 7. The summed E-state index contributed by atoms with van der Waals surface area (Å²) in [4.78, 5) is 0. The maximum Gasteiger partial charge on any atom is 0.119 e. The van der Waals surface area contributed by atoms with Crippen molar-refractivity contribution in [2.45, 2.75) is 45.6 Å². The van der Waals surface area contributed by atoms with E-state index < -0.39 is 0 Å². The van der Waals surface area contributed by atoms with Crippen LogP contribution in [0.1, 0.15) is 44.6 Å². The van der Waals surface area contributed by atoms with Crippen LogP contribution in [0, 0.1) is 17.8 Å². The highest BCUT2D eigenvalue weighted by atomic mass is 16.5. The van der Waals surface area contributed by atoms with Gasteiger partial charge in [0.1, 0.15) is 5.75 Å². The fourth-order valence-electron chi connectivity index (χ4n) is 3.94. The molecule has 2 fully saturated rings. The fourth-order valence-corrected chi connectivity index (χ4v) is 3.94. The third kappa shape index (κ3) is 3.35. The van der Waals surface area contributed by atoms with Gasteiger partial charge >= 0.3 is 0 Å². The average molecular weight is 273 g/mol. The van der Waals surface area contributed by atoms with Crippen LogP contribution in [-0.4, -0.2) is 13.2 Å². The number of fused-ring (bicyclic) bond motifs is 2. The zero-order chi connectivity index (χ0) is 13.8. The Kier molecular flexibility index (Phi) is 4.62. The first-order chi connectivity index (χ1) is 9.85. The van der Waals surface area contributed by atoms with Gasteiger partial charge in [0.15, 0.2) is 0 Å². The lowest BCUT2D eigenvalue weighted by Crippen LogP contribution is -2.18. The van der Waals surface area contributed by atoms with E-state index in [9.17, 15) is 0 Å². The molecular formula is C18H27NO. The van der Waals surface area contributed by atoms with Gasteiger partial charge in [-0.2, -0.15) is 0 Å². The summed E-state index contributed by atoms with van der Waals surface area (Å²) < 4.78 is 6.06. The van der Waals surface area contributed by atoms with Gasteiger partial charge in [0.05, 0.1) is 6.61 Å². The average Bonchev–Trinajstić information content (AvgIpc) is 3.08. The zero-order valence-corrected chi connectivity index (χ0v) is 12.6. The third-order valence-electron chi connectivity index (χ3n) is 5.00. The van der Waals surface area contributed by atoms with Crippen molar-refractivity contribution in [2.24, 2.45) is 17.8 Å². The summed E-state index contributed by atoms with van der Waals surface area (Å²) in [6.45, 7) is 5.14. The van der Waals surface area contributed by atoms with E-state index in [1.165, 1.54) is 37.7 Å². The van der Waals surface area contributed by atoms with Crippen LogP contribution in [0.15, 0.2) is 24.3 Å². The monoisotopic (exact) mass is 273 g/mol. The third-order valence-corrected chi connectivity index (χ3v) is 5.00. The highest BCUT2D eigenvalue weighted by molar-refractivity contribution is 5.28. The minimum absolute atomic E-state index is 0.815. The summed E-state index contributed by atoms with van der Waals surface area (Å²) in [5.74, 6) is 3.83. The number of hydrogen-bond donors (Lipinski definition) is 1. The molecule has 0 heterocycles. The number of hydrogen-bond acceptors (Lipinski definition) is 2. The maximum atomic E-state index is 6.06. The Balaban J connectivity index is 1.48. The molecule has 0 amide bonds. The summed E-state index contributed by atoms with van der Waals surface area (Å²) in [6, 6.07) is 8.57. The Morgan fingerprint density at radius 2 is 2.20 bits per heavy atom. The van der Waals surface area contributed by atoms with E-state index in [4.69, 9.17) is 4.74 Å². The van der Waals surface area contributed by atoms with Gasteiger partial charge in [-0.3, -0.25) is 0 Å². The van der Waals surface area contributed by atoms with Gasteiger partial charge in [-0.1, -0.05) is 25.5 Å². The lowest BCUT2D eigenvalue weighted by Gasteiger charge is -2.21. The molecule has 2 bridgehead atoms. The Morgan fingerprint density at radius 3 is 2.95 bits per heavy atom. The molecule has 3 rings (SSSR count). The van der Waals surface area contributed by atoms with E-state index in [-0.39, 0.29) is 0 Å². The molecule has 1 aromatic carbocycles. The molecule has 2 nitrogen and oxygen atoms in total. The molecule has 1 N–H and O–H groups in total. The van der Waals surface area contributed by atoms with Crippen molar-refractivity contribution >= 4 is 0 Å². The van der Waals surface area contributed by atoms with Gasteiger partial charge < -0.3 is 10.1 Å². The van der Waals surface area contributed by atoms with Crippen molar-refractivity contribution in [2.75, 3.05) is 13.2 Å². The predicted molar refractivity (Wildman–Crippen MR) is 82.9 cm³/mol. The van der Waals surface area contributed by atoms with E-state index >= 15 is 0 Å². The summed E-state index contributed by atoms with van der Waals surface area (Å²) in [5.41, 5.74) is 1.32. The first-order valence-electron chi connectivity index (χ1n) is 8.27. The number of nitrogens with one attached hydrogen (secondary N) is 1. The zero-order valence-electron chi connectivity index (χ0n) is 12.6.